The van der Waals surface area contributed by atoms with Crippen molar-refractivity contribution in [2.24, 2.45) is 0 Å². The van der Waals surface area contributed by atoms with Gasteiger partial charge in [-0.3, -0.25) is 0 Å². The molecule has 0 bridgehead atoms. The molecule has 0 spiro atoms. The minimum atomic E-state index is -2.15. The van der Waals surface area contributed by atoms with Gasteiger partial charge in [-0.25, -0.2) is 0 Å². The Bertz CT molecular complexity index is 200. The lowest BCUT2D eigenvalue weighted by molar-refractivity contribution is 0.0825. The average molecular weight is 260 g/mol. The molecule has 0 saturated heterocycles. The van der Waals surface area contributed by atoms with Gasteiger partial charge in [0.25, 0.3) is 0 Å². The third-order valence-corrected chi connectivity index (χ3v) is 8.98. The summed E-state index contributed by atoms with van der Waals surface area (Å²) in [6.07, 6.45) is 2.75. The molecule has 0 aromatic heterocycles. The fourth-order valence-corrected chi connectivity index (χ4v) is 6.87. The van der Waals surface area contributed by atoms with Crippen LogP contribution in [0.4, 0.5) is 0 Å². The Morgan fingerprint density at radius 1 is 0.882 bits per heavy atom. The monoisotopic (exact) mass is 260 g/mol. The second-order valence-corrected chi connectivity index (χ2v) is 9.60. The first-order valence-corrected chi connectivity index (χ1v) is 9.14. The van der Waals surface area contributed by atoms with Crippen LogP contribution < -0.4 is 0 Å². The van der Waals surface area contributed by atoms with Crippen molar-refractivity contribution in [3.8, 4) is 0 Å². The number of hydrogen-bond donors (Lipinski definition) is 0. The minimum Gasteiger partial charge on any atom is -0.391 e. The summed E-state index contributed by atoms with van der Waals surface area (Å²) < 4.78 is 12.7. The van der Waals surface area contributed by atoms with E-state index in [2.05, 4.69) is 55.4 Å². The van der Waals surface area contributed by atoms with E-state index in [9.17, 15) is 0 Å². The standard InChI is InChI=1S/C14H32O2Si/c1-9-14(8,10-2)17(11-3,15-12(4)5)16-13(6)7/h12-13H,9-11H2,1-8H3. The maximum Gasteiger partial charge on any atom is 0.344 e. The van der Waals surface area contributed by atoms with Gasteiger partial charge in [-0.1, -0.05) is 27.7 Å². The maximum atomic E-state index is 6.36. The molecule has 0 N–H and O–H groups in total. The quantitative estimate of drug-likeness (QED) is 0.579. The fraction of sp³-hybridized carbons (Fsp3) is 1.00. The topological polar surface area (TPSA) is 18.5 Å². The summed E-state index contributed by atoms with van der Waals surface area (Å²) in [4.78, 5) is 0. The highest BCUT2D eigenvalue weighted by atomic mass is 28.4. The first-order chi connectivity index (χ1) is 7.76. The zero-order valence-electron chi connectivity index (χ0n) is 13.1. The normalized spacial score (nSPS) is 13.8. The maximum absolute atomic E-state index is 6.36. The molecular weight excluding hydrogens is 228 g/mol. The summed E-state index contributed by atoms with van der Waals surface area (Å²) in [5, 5.41) is 0.205. The van der Waals surface area contributed by atoms with Crippen molar-refractivity contribution >= 4 is 8.56 Å². The lowest BCUT2D eigenvalue weighted by atomic mass is 10.1. The van der Waals surface area contributed by atoms with Gasteiger partial charge in [0.05, 0.1) is 0 Å². The highest BCUT2D eigenvalue weighted by Gasteiger charge is 2.52. The van der Waals surface area contributed by atoms with E-state index in [4.69, 9.17) is 8.85 Å². The van der Waals surface area contributed by atoms with Crippen LogP contribution in [0.15, 0.2) is 0 Å². The second-order valence-electron chi connectivity index (χ2n) is 5.71. The Balaban J connectivity index is 5.29. The highest BCUT2D eigenvalue weighted by molar-refractivity contribution is 6.70. The Morgan fingerprint density at radius 2 is 1.24 bits per heavy atom. The molecule has 0 aromatic carbocycles. The first kappa shape index (κ1) is 17.1. The summed E-state index contributed by atoms with van der Waals surface area (Å²) in [5.41, 5.74) is 0. The van der Waals surface area contributed by atoms with Crippen LogP contribution >= 0.6 is 0 Å². The van der Waals surface area contributed by atoms with Crippen molar-refractivity contribution in [1.29, 1.82) is 0 Å². The zero-order valence-corrected chi connectivity index (χ0v) is 14.1. The Labute approximate surface area is 109 Å². The molecule has 0 atom stereocenters. The second kappa shape index (κ2) is 6.91. The minimum absolute atomic E-state index is 0.205. The van der Waals surface area contributed by atoms with Gasteiger partial charge >= 0.3 is 8.56 Å². The number of rotatable bonds is 8. The Hall–Kier alpha value is 0.137. The zero-order chi connectivity index (χ0) is 13.7. The molecule has 0 saturated carbocycles. The molecule has 0 aliphatic carbocycles. The van der Waals surface area contributed by atoms with Gasteiger partial charge in [0.15, 0.2) is 0 Å². The van der Waals surface area contributed by atoms with E-state index >= 15 is 0 Å². The van der Waals surface area contributed by atoms with Crippen LogP contribution in [0, 0.1) is 0 Å². The van der Waals surface area contributed by atoms with Gasteiger partial charge in [0, 0.05) is 17.2 Å². The van der Waals surface area contributed by atoms with Gasteiger partial charge in [-0.2, -0.15) is 0 Å². The Kier molecular flexibility index (Phi) is 6.96. The van der Waals surface area contributed by atoms with Crippen molar-refractivity contribution in [2.45, 2.75) is 91.5 Å². The molecule has 0 radical (unpaired) electrons. The summed E-state index contributed by atoms with van der Waals surface area (Å²) in [6, 6.07) is 1.03. The summed E-state index contributed by atoms with van der Waals surface area (Å²) in [6.45, 7) is 17.6. The van der Waals surface area contributed by atoms with Crippen LogP contribution in [0.3, 0.4) is 0 Å². The molecule has 0 rings (SSSR count). The predicted octanol–water partition coefficient (Wildman–Crippen LogP) is 4.88. The van der Waals surface area contributed by atoms with Crippen molar-refractivity contribution in [1.82, 2.24) is 0 Å². The van der Waals surface area contributed by atoms with Crippen molar-refractivity contribution in [2.75, 3.05) is 0 Å². The predicted molar refractivity (Wildman–Crippen MR) is 77.6 cm³/mol. The summed E-state index contributed by atoms with van der Waals surface area (Å²) in [7, 11) is -2.15. The lowest BCUT2D eigenvalue weighted by Gasteiger charge is -2.46. The van der Waals surface area contributed by atoms with E-state index in [1.807, 2.05) is 0 Å². The largest absolute Gasteiger partial charge is 0.391 e. The molecule has 0 amide bonds. The smallest absolute Gasteiger partial charge is 0.344 e. The SMILES string of the molecule is CCC(C)(CC)[Si](CC)(OC(C)C)OC(C)C. The molecule has 2 nitrogen and oxygen atoms in total. The van der Waals surface area contributed by atoms with Crippen molar-refractivity contribution in [3.05, 3.63) is 0 Å². The van der Waals surface area contributed by atoms with Crippen LogP contribution in [-0.2, 0) is 8.85 Å². The van der Waals surface area contributed by atoms with E-state index in [-0.39, 0.29) is 17.2 Å². The fourth-order valence-electron chi connectivity index (χ4n) is 2.46. The van der Waals surface area contributed by atoms with E-state index in [0.717, 1.165) is 18.9 Å². The van der Waals surface area contributed by atoms with Crippen LogP contribution in [0.25, 0.3) is 0 Å². The van der Waals surface area contributed by atoms with Gasteiger partial charge in [-0.15, -0.1) is 0 Å². The third kappa shape index (κ3) is 4.07. The van der Waals surface area contributed by atoms with Gasteiger partial charge in [0.1, 0.15) is 0 Å². The molecule has 104 valence electrons. The average Bonchev–Trinajstić information content (AvgIpc) is 2.25. The van der Waals surface area contributed by atoms with E-state index in [1.54, 1.807) is 0 Å². The van der Waals surface area contributed by atoms with E-state index < -0.39 is 8.56 Å². The van der Waals surface area contributed by atoms with Gasteiger partial charge in [0.2, 0.25) is 0 Å². The van der Waals surface area contributed by atoms with E-state index in [0.29, 0.717) is 0 Å². The van der Waals surface area contributed by atoms with E-state index in [1.165, 1.54) is 0 Å². The lowest BCUT2D eigenvalue weighted by Crippen LogP contribution is -2.54. The van der Waals surface area contributed by atoms with Crippen LogP contribution in [0.1, 0.15) is 68.2 Å². The molecule has 0 fully saturated rings. The Morgan fingerprint density at radius 3 is 1.41 bits per heavy atom. The molecule has 0 aliphatic heterocycles. The number of hydrogen-bond acceptors (Lipinski definition) is 2. The summed E-state index contributed by atoms with van der Waals surface area (Å²) >= 11 is 0. The first-order valence-electron chi connectivity index (χ1n) is 7.12. The van der Waals surface area contributed by atoms with Crippen LogP contribution in [0.2, 0.25) is 11.1 Å². The molecule has 0 aromatic rings. The van der Waals surface area contributed by atoms with Gasteiger partial charge < -0.3 is 8.85 Å². The molecular formula is C14H32O2Si. The molecule has 3 heteroatoms. The highest BCUT2D eigenvalue weighted by Crippen LogP contribution is 2.48. The molecule has 0 unspecified atom stereocenters. The molecule has 0 aliphatic rings. The molecule has 17 heavy (non-hydrogen) atoms. The van der Waals surface area contributed by atoms with Crippen molar-refractivity contribution in [3.63, 3.8) is 0 Å². The molecule has 0 heterocycles. The third-order valence-electron chi connectivity index (χ3n) is 3.80. The van der Waals surface area contributed by atoms with Crippen LogP contribution in [0.5, 0.6) is 0 Å². The van der Waals surface area contributed by atoms with Crippen molar-refractivity contribution < 1.29 is 8.85 Å². The summed E-state index contributed by atoms with van der Waals surface area (Å²) in [5.74, 6) is 0. The van der Waals surface area contributed by atoms with Gasteiger partial charge in [-0.05, 0) is 46.6 Å². The van der Waals surface area contributed by atoms with Crippen LogP contribution in [-0.4, -0.2) is 20.8 Å².